The maximum atomic E-state index is 10.4. The number of hydrogen-bond donors (Lipinski definition) is 2. The number of phenols is 2. The van der Waals surface area contributed by atoms with Crippen molar-refractivity contribution >= 4 is 0 Å². The quantitative estimate of drug-likeness (QED) is 0.882. The van der Waals surface area contributed by atoms with Crippen LogP contribution in [-0.2, 0) is 12.8 Å². The average Bonchev–Trinajstić information content (AvgIpc) is 2.47. The minimum atomic E-state index is 0.0754. The topological polar surface area (TPSA) is 58.9 Å². The molecule has 2 aromatic rings. The van der Waals surface area contributed by atoms with Gasteiger partial charge in [-0.3, -0.25) is 0 Å². The van der Waals surface area contributed by atoms with Crippen LogP contribution in [0, 0.1) is 0 Å². The third-order valence-corrected chi connectivity index (χ3v) is 3.77. The van der Waals surface area contributed by atoms with Crippen LogP contribution in [0.25, 0.3) is 11.1 Å². The van der Waals surface area contributed by atoms with E-state index in [-0.39, 0.29) is 11.5 Å². The van der Waals surface area contributed by atoms with Gasteiger partial charge in [-0.25, -0.2) is 0 Å². The van der Waals surface area contributed by atoms with Crippen molar-refractivity contribution in [2.24, 2.45) is 0 Å². The first-order valence-corrected chi connectivity index (χ1v) is 6.44. The van der Waals surface area contributed by atoms with Crippen molar-refractivity contribution in [3.05, 3.63) is 35.4 Å². The first kappa shape index (κ1) is 12.7. The predicted molar refractivity (Wildman–Crippen MR) is 75.7 cm³/mol. The van der Waals surface area contributed by atoms with Crippen molar-refractivity contribution in [2.45, 2.75) is 12.8 Å². The van der Waals surface area contributed by atoms with Gasteiger partial charge in [0.25, 0.3) is 0 Å². The van der Waals surface area contributed by atoms with E-state index in [0.717, 1.165) is 24.0 Å². The number of fused-ring (bicyclic) bond motifs is 3. The number of hydrogen-bond acceptors (Lipinski definition) is 4. The molecule has 0 saturated carbocycles. The van der Waals surface area contributed by atoms with Gasteiger partial charge >= 0.3 is 0 Å². The van der Waals surface area contributed by atoms with Gasteiger partial charge in [-0.15, -0.1) is 0 Å². The van der Waals surface area contributed by atoms with Crippen LogP contribution >= 0.6 is 0 Å². The number of aromatic hydroxyl groups is 2. The second-order valence-electron chi connectivity index (χ2n) is 4.83. The lowest BCUT2D eigenvalue weighted by atomic mass is 9.84. The van der Waals surface area contributed by atoms with E-state index in [1.807, 2.05) is 12.1 Å². The van der Waals surface area contributed by atoms with E-state index in [0.29, 0.717) is 22.6 Å². The lowest BCUT2D eigenvalue weighted by Crippen LogP contribution is -2.05. The SMILES string of the molecule is COc1cc(O)c2c(c1)CCc1ccc(OC)c(O)c1-2. The summed E-state index contributed by atoms with van der Waals surface area (Å²) in [5.41, 5.74) is 3.31. The Hall–Kier alpha value is -2.36. The molecular formula is C16H16O4. The molecule has 2 aromatic carbocycles. The Morgan fingerprint density at radius 3 is 2.35 bits per heavy atom. The van der Waals surface area contributed by atoms with Gasteiger partial charge in [0, 0.05) is 17.2 Å². The number of aryl methyl sites for hydroxylation is 2. The number of rotatable bonds is 2. The van der Waals surface area contributed by atoms with Gasteiger partial charge in [-0.1, -0.05) is 6.07 Å². The van der Waals surface area contributed by atoms with Crippen LogP contribution in [0.2, 0.25) is 0 Å². The predicted octanol–water partition coefficient (Wildman–Crippen LogP) is 2.88. The van der Waals surface area contributed by atoms with Gasteiger partial charge in [-0.05, 0) is 36.1 Å². The van der Waals surface area contributed by atoms with E-state index >= 15 is 0 Å². The molecular weight excluding hydrogens is 256 g/mol. The molecule has 0 atom stereocenters. The largest absolute Gasteiger partial charge is 0.507 e. The first-order valence-electron chi connectivity index (χ1n) is 6.44. The van der Waals surface area contributed by atoms with Crippen LogP contribution in [0.4, 0.5) is 0 Å². The molecule has 0 spiro atoms. The molecule has 2 N–H and O–H groups in total. The van der Waals surface area contributed by atoms with Gasteiger partial charge in [0.05, 0.1) is 14.2 Å². The van der Waals surface area contributed by atoms with Crippen LogP contribution in [0.1, 0.15) is 11.1 Å². The van der Waals surface area contributed by atoms with E-state index < -0.39 is 0 Å². The lowest BCUT2D eigenvalue weighted by Gasteiger charge is -2.23. The summed E-state index contributed by atoms with van der Waals surface area (Å²) in [6, 6.07) is 7.14. The minimum absolute atomic E-state index is 0.0754. The summed E-state index contributed by atoms with van der Waals surface area (Å²) in [6.45, 7) is 0. The molecule has 1 aliphatic rings. The summed E-state index contributed by atoms with van der Waals surface area (Å²) in [5.74, 6) is 1.22. The molecule has 0 amide bonds. The molecule has 0 fully saturated rings. The molecule has 4 nitrogen and oxygen atoms in total. The zero-order valence-electron chi connectivity index (χ0n) is 11.4. The molecule has 20 heavy (non-hydrogen) atoms. The second-order valence-corrected chi connectivity index (χ2v) is 4.83. The van der Waals surface area contributed by atoms with Crippen LogP contribution in [0.3, 0.4) is 0 Å². The summed E-state index contributed by atoms with van der Waals surface area (Å²) in [7, 11) is 3.08. The second kappa shape index (κ2) is 4.63. The normalized spacial score (nSPS) is 12.5. The Kier molecular flexibility index (Phi) is 2.93. The average molecular weight is 272 g/mol. The Morgan fingerprint density at radius 1 is 0.900 bits per heavy atom. The van der Waals surface area contributed by atoms with Crippen molar-refractivity contribution in [3.8, 4) is 34.1 Å². The van der Waals surface area contributed by atoms with Crippen molar-refractivity contribution in [3.63, 3.8) is 0 Å². The number of phenolic OH excluding ortho intramolecular Hbond substituents is 2. The third kappa shape index (κ3) is 1.76. The van der Waals surface area contributed by atoms with Gasteiger partial charge in [0.1, 0.15) is 11.5 Å². The van der Waals surface area contributed by atoms with Crippen molar-refractivity contribution in [1.82, 2.24) is 0 Å². The summed E-state index contributed by atoms with van der Waals surface area (Å²) in [5, 5.41) is 20.6. The fraction of sp³-hybridized carbons (Fsp3) is 0.250. The molecule has 0 radical (unpaired) electrons. The Balaban J connectivity index is 2.29. The standard InChI is InChI=1S/C16H16O4/c1-19-11-7-10-4-3-9-5-6-13(20-2)16(18)15(9)14(10)12(17)8-11/h5-8,17-18H,3-4H2,1-2H3. The highest BCUT2D eigenvalue weighted by molar-refractivity contribution is 5.85. The number of methoxy groups -OCH3 is 2. The Bertz CT molecular complexity index is 677. The van der Waals surface area contributed by atoms with Crippen molar-refractivity contribution < 1.29 is 19.7 Å². The monoisotopic (exact) mass is 272 g/mol. The molecule has 4 heteroatoms. The van der Waals surface area contributed by atoms with E-state index in [4.69, 9.17) is 9.47 Å². The summed E-state index contributed by atoms with van der Waals surface area (Å²) >= 11 is 0. The number of benzene rings is 2. The first-order chi connectivity index (χ1) is 9.65. The third-order valence-electron chi connectivity index (χ3n) is 3.77. The molecule has 0 heterocycles. The van der Waals surface area contributed by atoms with E-state index in [1.165, 1.54) is 7.11 Å². The maximum Gasteiger partial charge on any atom is 0.166 e. The Morgan fingerprint density at radius 2 is 1.65 bits per heavy atom. The Labute approximate surface area is 117 Å². The highest BCUT2D eigenvalue weighted by atomic mass is 16.5. The molecule has 0 saturated heterocycles. The van der Waals surface area contributed by atoms with E-state index in [9.17, 15) is 10.2 Å². The molecule has 3 rings (SSSR count). The molecule has 104 valence electrons. The highest BCUT2D eigenvalue weighted by Gasteiger charge is 2.25. The molecule has 1 aliphatic carbocycles. The molecule has 0 aromatic heterocycles. The molecule has 0 aliphatic heterocycles. The fourth-order valence-corrected chi connectivity index (χ4v) is 2.80. The van der Waals surface area contributed by atoms with Gasteiger partial charge in [-0.2, -0.15) is 0 Å². The smallest absolute Gasteiger partial charge is 0.166 e. The van der Waals surface area contributed by atoms with Crippen LogP contribution in [-0.4, -0.2) is 24.4 Å². The highest BCUT2D eigenvalue weighted by Crippen LogP contribution is 2.48. The summed E-state index contributed by atoms with van der Waals surface area (Å²) in [6.07, 6.45) is 1.62. The van der Waals surface area contributed by atoms with Gasteiger partial charge in [0.2, 0.25) is 0 Å². The zero-order valence-corrected chi connectivity index (χ0v) is 11.4. The van der Waals surface area contributed by atoms with Crippen LogP contribution < -0.4 is 9.47 Å². The van der Waals surface area contributed by atoms with Gasteiger partial charge < -0.3 is 19.7 Å². The summed E-state index contributed by atoms with van der Waals surface area (Å²) < 4.78 is 10.3. The molecule has 0 bridgehead atoms. The van der Waals surface area contributed by atoms with Crippen LogP contribution in [0.15, 0.2) is 24.3 Å². The van der Waals surface area contributed by atoms with Gasteiger partial charge in [0.15, 0.2) is 11.5 Å². The van der Waals surface area contributed by atoms with E-state index in [2.05, 4.69) is 0 Å². The maximum absolute atomic E-state index is 10.4. The van der Waals surface area contributed by atoms with Crippen LogP contribution in [0.5, 0.6) is 23.0 Å². The zero-order chi connectivity index (χ0) is 14.3. The van der Waals surface area contributed by atoms with E-state index in [1.54, 1.807) is 19.2 Å². The lowest BCUT2D eigenvalue weighted by molar-refractivity contribution is 0.373. The summed E-state index contributed by atoms with van der Waals surface area (Å²) in [4.78, 5) is 0. The van der Waals surface area contributed by atoms with Crippen molar-refractivity contribution in [2.75, 3.05) is 14.2 Å². The fourth-order valence-electron chi connectivity index (χ4n) is 2.80. The minimum Gasteiger partial charge on any atom is -0.507 e. The number of ether oxygens (including phenoxy) is 2. The van der Waals surface area contributed by atoms with Crippen molar-refractivity contribution in [1.29, 1.82) is 0 Å². The molecule has 0 unspecified atom stereocenters.